The lowest BCUT2D eigenvalue weighted by Gasteiger charge is -2.16. The third kappa shape index (κ3) is 6.13. The molecule has 0 aliphatic heterocycles. The predicted octanol–water partition coefficient (Wildman–Crippen LogP) is 4.58. The van der Waals surface area contributed by atoms with Gasteiger partial charge in [-0.1, -0.05) is 68.4 Å². The molecular formula is C23H28ClNO3. The van der Waals surface area contributed by atoms with Crippen LogP contribution in [0.1, 0.15) is 26.3 Å². The lowest BCUT2D eigenvalue weighted by molar-refractivity contribution is 0.105. The Morgan fingerprint density at radius 2 is 1.54 bits per heavy atom. The summed E-state index contributed by atoms with van der Waals surface area (Å²) < 4.78 is 51.8. The lowest BCUT2D eigenvalue weighted by atomic mass is 10.1. The molecule has 3 aromatic carbocycles. The number of rotatable bonds is 9. The van der Waals surface area contributed by atoms with E-state index >= 15 is 0 Å². The van der Waals surface area contributed by atoms with Crippen LogP contribution in [0.25, 0.3) is 10.8 Å². The van der Waals surface area contributed by atoms with E-state index in [-0.39, 0.29) is 18.2 Å². The van der Waals surface area contributed by atoms with Crippen molar-refractivity contribution in [3.63, 3.8) is 0 Å². The zero-order chi connectivity index (χ0) is 23.6. The normalized spacial score (nSPS) is 16.6. The Bertz CT molecular complexity index is 1060. The van der Waals surface area contributed by atoms with E-state index in [0.717, 1.165) is 5.56 Å². The van der Waals surface area contributed by atoms with Gasteiger partial charge < -0.3 is 19.9 Å². The van der Waals surface area contributed by atoms with Crippen LogP contribution in [0.4, 0.5) is 0 Å². The zero-order valence-corrected chi connectivity index (χ0v) is 16.6. The fraction of sp³-hybridized carbons (Fsp3) is 0.304. The first-order valence-corrected chi connectivity index (χ1v) is 8.82. The minimum Gasteiger partial charge on any atom is -0.490 e. The summed E-state index contributed by atoms with van der Waals surface area (Å²) in [5, 5.41) is 14.1. The minimum absolute atomic E-state index is 0. The third-order valence-electron chi connectivity index (χ3n) is 3.82. The standard InChI is InChI=1S/C23H27NO3.ClH/c1-17(2)24-14-19(25)16-27-23-13-7-10-20-21(23)11-6-12-22(20)26-15-18-8-4-3-5-9-18;/h3-13,17,19,24-25H,14-16H2,1-2H3;1H/i14D2,16D2,19D;. The second kappa shape index (κ2) is 10.9. The molecule has 0 aliphatic rings. The van der Waals surface area contributed by atoms with Crippen LogP contribution in [0, 0.1) is 0 Å². The summed E-state index contributed by atoms with van der Waals surface area (Å²) in [5.74, 6) is 0.624. The lowest BCUT2D eigenvalue weighted by Crippen LogP contribution is -2.35. The van der Waals surface area contributed by atoms with Gasteiger partial charge in [0.1, 0.15) is 30.7 Å². The summed E-state index contributed by atoms with van der Waals surface area (Å²) in [6, 6.07) is 19.4. The number of nitrogens with one attached hydrogen (secondary N) is 1. The van der Waals surface area contributed by atoms with Gasteiger partial charge in [-0.15, -0.1) is 12.4 Å². The largest absolute Gasteiger partial charge is 0.490 e. The summed E-state index contributed by atoms with van der Waals surface area (Å²) in [4.78, 5) is 0. The second-order valence-corrected chi connectivity index (χ2v) is 6.36. The Hall–Kier alpha value is -2.27. The first-order valence-electron chi connectivity index (χ1n) is 11.3. The van der Waals surface area contributed by atoms with Gasteiger partial charge in [-0.2, -0.15) is 0 Å². The molecule has 0 heterocycles. The van der Waals surface area contributed by atoms with Crippen LogP contribution in [-0.2, 0) is 6.61 Å². The van der Waals surface area contributed by atoms with Crippen molar-refractivity contribution in [1.29, 1.82) is 0 Å². The van der Waals surface area contributed by atoms with Gasteiger partial charge >= 0.3 is 0 Å². The van der Waals surface area contributed by atoms with E-state index in [9.17, 15) is 5.11 Å². The quantitative estimate of drug-likeness (QED) is 0.546. The number of ether oxygens (including phenoxy) is 2. The second-order valence-electron chi connectivity index (χ2n) is 6.36. The number of halogens is 1. The molecule has 0 spiro atoms. The Kier molecular flexibility index (Phi) is 6.09. The predicted molar refractivity (Wildman–Crippen MR) is 117 cm³/mol. The molecule has 0 amide bonds. The van der Waals surface area contributed by atoms with Crippen LogP contribution in [0.2, 0.25) is 0 Å². The average Bonchev–Trinajstić information content (AvgIpc) is 2.72. The van der Waals surface area contributed by atoms with E-state index in [1.165, 1.54) is 6.07 Å². The van der Waals surface area contributed by atoms with Crippen molar-refractivity contribution in [2.24, 2.45) is 0 Å². The molecule has 0 radical (unpaired) electrons. The number of fused-ring (bicyclic) bond motifs is 1. The van der Waals surface area contributed by atoms with Crippen molar-refractivity contribution >= 4 is 23.2 Å². The average molecular weight is 407 g/mol. The molecule has 1 unspecified atom stereocenters. The summed E-state index contributed by atoms with van der Waals surface area (Å²) in [6.07, 6.45) is -3.24. The van der Waals surface area contributed by atoms with E-state index in [2.05, 4.69) is 5.32 Å². The summed E-state index contributed by atoms with van der Waals surface area (Å²) in [6.45, 7) is -2.25. The molecule has 1 atom stereocenters. The molecule has 3 rings (SSSR count). The van der Waals surface area contributed by atoms with Gasteiger partial charge in [0.05, 0.1) is 4.11 Å². The Morgan fingerprint density at radius 1 is 0.929 bits per heavy atom. The van der Waals surface area contributed by atoms with Crippen molar-refractivity contribution in [3.8, 4) is 11.5 Å². The molecule has 0 aliphatic carbocycles. The Morgan fingerprint density at radius 3 is 2.14 bits per heavy atom. The van der Waals surface area contributed by atoms with Gasteiger partial charge in [-0.25, -0.2) is 0 Å². The molecule has 0 bridgehead atoms. The van der Waals surface area contributed by atoms with Gasteiger partial charge in [0, 0.05) is 26.1 Å². The minimum atomic E-state index is -3.24. The van der Waals surface area contributed by atoms with E-state index in [4.69, 9.17) is 16.3 Å². The van der Waals surface area contributed by atoms with Crippen molar-refractivity contribution in [2.75, 3.05) is 13.1 Å². The maximum Gasteiger partial charge on any atom is 0.127 e. The fourth-order valence-electron chi connectivity index (χ4n) is 2.54. The number of benzene rings is 3. The smallest absolute Gasteiger partial charge is 0.127 e. The summed E-state index contributed by atoms with van der Waals surface area (Å²) >= 11 is 0. The van der Waals surface area contributed by atoms with Crippen molar-refractivity contribution in [3.05, 3.63) is 72.3 Å². The Labute approximate surface area is 179 Å². The van der Waals surface area contributed by atoms with E-state index in [0.29, 0.717) is 23.1 Å². The summed E-state index contributed by atoms with van der Waals surface area (Å²) in [5.41, 5.74) is 0.993. The molecule has 28 heavy (non-hydrogen) atoms. The topological polar surface area (TPSA) is 50.7 Å². The van der Waals surface area contributed by atoms with Gasteiger partial charge in [0.15, 0.2) is 0 Å². The SMILES string of the molecule is Cl.[2H]C([2H])(NC(C)C)C([2H])(O)C([2H])([2H])Oc1cccc2c(OCc3ccccc3)cccc12. The molecule has 3 aromatic rings. The van der Waals surface area contributed by atoms with Gasteiger partial charge in [0.2, 0.25) is 0 Å². The molecule has 0 saturated heterocycles. The molecule has 2 N–H and O–H groups in total. The zero-order valence-electron chi connectivity index (χ0n) is 20.8. The van der Waals surface area contributed by atoms with Crippen molar-refractivity contribution in [2.45, 2.75) is 32.6 Å². The number of aliphatic hydroxyl groups is 1. The van der Waals surface area contributed by atoms with E-state index in [1.54, 1.807) is 44.2 Å². The highest BCUT2D eigenvalue weighted by atomic mass is 35.5. The Balaban J connectivity index is 0.00000385. The maximum atomic E-state index is 10.5. The number of hydrogen-bond acceptors (Lipinski definition) is 4. The highest BCUT2D eigenvalue weighted by Gasteiger charge is 2.10. The van der Waals surface area contributed by atoms with Gasteiger partial charge in [0.25, 0.3) is 0 Å². The van der Waals surface area contributed by atoms with Crippen LogP contribution < -0.4 is 14.8 Å². The van der Waals surface area contributed by atoms with Gasteiger partial charge in [-0.3, -0.25) is 0 Å². The fourth-order valence-corrected chi connectivity index (χ4v) is 2.54. The molecule has 0 aromatic heterocycles. The van der Waals surface area contributed by atoms with Crippen molar-refractivity contribution < 1.29 is 21.4 Å². The first kappa shape index (κ1) is 15.6. The number of hydrogen-bond donors (Lipinski definition) is 2. The van der Waals surface area contributed by atoms with Crippen LogP contribution >= 0.6 is 12.4 Å². The molecular weight excluding hydrogens is 374 g/mol. The van der Waals surface area contributed by atoms with E-state index in [1.807, 2.05) is 30.3 Å². The molecule has 5 heteroatoms. The van der Waals surface area contributed by atoms with Crippen molar-refractivity contribution in [1.82, 2.24) is 5.32 Å². The molecule has 0 saturated carbocycles. The molecule has 4 nitrogen and oxygen atoms in total. The van der Waals surface area contributed by atoms with E-state index < -0.39 is 25.2 Å². The molecule has 150 valence electrons. The highest BCUT2D eigenvalue weighted by molar-refractivity contribution is 5.93. The highest BCUT2D eigenvalue weighted by Crippen LogP contribution is 2.32. The maximum absolute atomic E-state index is 10.5. The van der Waals surface area contributed by atoms with Crippen LogP contribution in [-0.4, -0.2) is 30.3 Å². The molecule has 0 fully saturated rings. The van der Waals surface area contributed by atoms with Gasteiger partial charge in [-0.05, 0) is 17.7 Å². The third-order valence-corrected chi connectivity index (χ3v) is 3.82. The van der Waals surface area contributed by atoms with Crippen LogP contribution in [0.15, 0.2) is 66.7 Å². The van der Waals surface area contributed by atoms with Crippen LogP contribution in [0.5, 0.6) is 11.5 Å². The first-order chi connectivity index (χ1) is 14.9. The van der Waals surface area contributed by atoms with Crippen LogP contribution in [0.3, 0.4) is 0 Å². The summed E-state index contributed by atoms with van der Waals surface area (Å²) in [7, 11) is 0. The monoisotopic (exact) mass is 406 g/mol.